The number of rotatable bonds is 0. The maximum absolute atomic E-state index is 11.8. The van der Waals surface area contributed by atoms with Crippen molar-refractivity contribution >= 4 is 5.97 Å². The zero-order chi connectivity index (χ0) is 12.5. The maximum atomic E-state index is 11.8. The van der Waals surface area contributed by atoms with Crippen LogP contribution in [0.2, 0.25) is 0 Å². The number of carbonyl (C=O) groups excluding carboxylic acids is 1. The van der Waals surface area contributed by atoms with Crippen molar-refractivity contribution in [2.45, 2.75) is 37.6 Å². The van der Waals surface area contributed by atoms with Crippen LogP contribution in [0.4, 0.5) is 0 Å². The molecule has 1 aliphatic carbocycles. The summed E-state index contributed by atoms with van der Waals surface area (Å²) < 4.78 is 16.8. The van der Waals surface area contributed by atoms with Crippen LogP contribution in [-0.2, 0) is 19.0 Å². The molecule has 3 fully saturated rings. The van der Waals surface area contributed by atoms with Crippen molar-refractivity contribution in [1.82, 2.24) is 0 Å². The lowest BCUT2D eigenvalue weighted by atomic mass is 9.80. The van der Waals surface area contributed by atoms with Gasteiger partial charge in [-0.25, -0.2) is 4.79 Å². The first-order valence-corrected chi connectivity index (χ1v) is 6.23. The molecule has 0 aromatic carbocycles. The molecular formula is C13H14O5. The van der Waals surface area contributed by atoms with Gasteiger partial charge in [0.2, 0.25) is 0 Å². The van der Waals surface area contributed by atoms with E-state index in [0.29, 0.717) is 12.0 Å². The summed E-state index contributed by atoms with van der Waals surface area (Å²) in [5, 5.41) is 9.65. The molecule has 5 nitrogen and oxygen atoms in total. The second kappa shape index (κ2) is 3.23. The van der Waals surface area contributed by atoms with Crippen molar-refractivity contribution < 1.29 is 24.1 Å². The highest BCUT2D eigenvalue weighted by Crippen LogP contribution is 2.57. The van der Waals surface area contributed by atoms with Gasteiger partial charge >= 0.3 is 5.97 Å². The molecule has 0 amide bonds. The van der Waals surface area contributed by atoms with E-state index < -0.39 is 24.3 Å². The van der Waals surface area contributed by atoms with Gasteiger partial charge in [-0.3, -0.25) is 0 Å². The highest BCUT2D eigenvalue weighted by molar-refractivity contribution is 5.93. The Balaban J connectivity index is 1.80. The molecule has 5 heteroatoms. The largest absolute Gasteiger partial charge is 0.448 e. The lowest BCUT2D eigenvalue weighted by Gasteiger charge is -2.35. The average Bonchev–Trinajstić information content (AvgIpc) is 2.89. The van der Waals surface area contributed by atoms with E-state index in [9.17, 15) is 9.90 Å². The van der Waals surface area contributed by atoms with E-state index in [4.69, 9.17) is 14.2 Å². The second-order valence-corrected chi connectivity index (χ2v) is 5.25. The fraction of sp³-hybridized carbons (Fsp3) is 0.615. The van der Waals surface area contributed by atoms with E-state index in [1.807, 2.05) is 12.2 Å². The van der Waals surface area contributed by atoms with Crippen LogP contribution in [0.25, 0.3) is 0 Å². The van der Waals surface area contributed by atoms with Crippen LogP contribution < -0.4 is 0 Å². The third-order valence-electron chi connectivity index (χ3n) is 4.42. The Morgan fingerprint density at radius 2 is 2.33 bits per heavy atom. The molecule has 4 aliphatic rings. The van der Waals surface area contributed by atoms with Gasteiger partial charge in [0, 0.05) is 6.42 Å². The maximum Gasteiger partial charge on any atom is 0.337 e. The predicted molar refractivity (Wildman–Crippen MR) is 59.1 cm³/mol. The van der Waals surface area contributed by atoms with E-state index in [-0.39, 0.29) is 17.8 Å². The van der Waals surface area contributed by atoms with E-state index in [2.05, 4.69) is 0 Å². The molecule has 0 aromatic heterocycles. The molecular weight excluding hydrogens is 236 g/mol. The first-order chi connectivity index (χ1) is 8.65. The minimum Gasteiger partial charge on any atom is -0.448 e. The predicted octanol–water partition coefficient (Wildman–Crippen LogP) is 0.494. The summed E-state index contributed by atoms with van der Waals surface area (Å²) in [6.07, 6.45) is 4.49. The van der Waals surface area contributed by atoms with E-state index in [1.165, 1.54) is 0 Å². The molecule has 3 saturated heterocycles. The smallest absolute Gasteiger partial charge is 0.337 e. The molecule has 96 valence electrons. The molecule has 18 heavy (non-hydrogen) atoms. The number of aliphatic hydroxyl groups excluding tert-OH is 1. The number of hydrogen-bond donors (Lipinski definition) is 1. The Hall–Kier alpha value is -1.17. The standard InChI is InChI=1S/C13H14O5/c1-2-7-10-13(18-11(7)15)4-3-6-5-8(14)16-12(17-10)9(6)13/h2-4,6,8-10,12,14H,5H2,1H3/b7-2-/t6-,8+,9?,10+,12-,13+/m1/s1. The Morgan fingerprint density at radius 3 is 3.11 bits per heavy atom. The van der Waals surface area contributed by atoms with Crippen LogP contribution in [0.1, 0.15) is 13.3 Å². The lowest BCUT2D eigenvalue weighted by molar-refractivity contribution is -0.263. The summed E-state index contributed by atoms with van der Waals surface area (Å²) in [6.45, 7) is 1.80. The topological polar surface area (TPSA) is 65.0 Å². The minimum absolute atomic E-state index is 0.0349. The van der Waals surface area contributed by atoms with Crippen molar-refractivity contribution in [3.05, 3.63) is 23.8 Å². The lowest BCUT2D eigenvalue weighted by Crippen LogP contribution is -2.45. The van der Waals surface area contributed by atoms with Crippen LogP contribution in [0.15, 0.2) is 23.8 Å². The Morgan fingerprint density at radius 1 is 1.50 bits per heavy atom. The van der Waals surface area contributed by atoms with Crippen molar-refractivity contribution in [3.8, 4) is 0 Å². The first kappa shape index (κ1) is 10.7. The summed E-state index contributed by atoms with van der Waals surface area (Å²) in [5.74, 6) is -0.197. The van der Waals surface area contributed by atoms with Crippen molar-refractivity contribution in [2.24, 2.45) is 11.8 Å². The quantitative estimate of drug-likeness (QED) is 0.385. The SMILES string of the molecule is C/C=C1\C(=O)O[C@]23C=C[C@@H]4C[C@@H](O)O[C@H](O[C@@H]12)C43. The minimum atomic E-state index is -0.806. The van der Waals surface area contributed by atoms with Crippen molar-refractivity contribution in [3.63, 3.8) is 0 Å². The van der Waals surface area contributed by atoms with Gasteiger partial charge in [-0.05, 0) is 18.9 Å². The zero-order valence-electron chi connectivity index (χ0n) is 9.91. The average molecular weight is 250 g/mol. The normalized spacial score (nSPS) is 54.7. The molecule has 3 heterocycles. The molecule has 0 aromatic rings. The molecule has 0 saturated carbocycles. The van der Waals surface area contributed by atoms with Crippen LogP contribution in [0.3, 0.4) is 0 Å². The van der Waals surface area contributed by atoms with E-state index in [1.54, 1.807) is 13.0 Å². The molecule has 4 rings (SSSR count). The van der Waals surface area contributed by atoms with Crippen LogP contribution in [-0.4, -0.2) is 35.4 Å². The van der Waals surface area contributed by atoms with E-state index in [0.717, 1.165) is 0 Å². The highest BCUT2D eigenvalue weighted by Gasteiger charge is 2.69. The number of aliphatic hydroxyl groups is 1. The molecule has 1 spiro atoms. The third kappa shape index (κ3) is 1.06. The van der Waals surface area contributed by atoms with Crippen LogP contribution >= 0.6 is 0 Å². The van der Waals surface area contributed by atoms with Gasteiger partial charge in [-0.2, -0.15) is 0 Å². The van der Waals surface area contributed by atoms with Gasteiger partial charge in [0.1, 0.15) is 6.10 Å². The molecule has 3 aliphatic heterocycles. The molecule has 1 unspecified atom stereocenters. The summed E-state index contributed by atoms with van der Waals surface area (Å²) in [5.41, 5.74) is -0.165. The Kier molecular flexibility index (Phi) is 1.92. The number of carbonyl (C=O) groups is 1. The molecule has 0 radical (unpaired) electrons. The summed E-state index contributed by atoms with van der Waals surface area (Å²) >= 11 is 0. The van der Waals surface area contributed by atoms with E-state index >= 15 is 0 Å². The molecule has 0 bridgehead atoms. The van der Waals surface area contributed by atoms with Gasteiger partial charge < -0.3 is 19.3 Å². The molecule has 1 N–H and O–H groups in total. The number of hydrogen-bond acceptors (Lipinski definition) is 5. The van der Waals surface area contributed by atoms with Gasteiger partial charge in [-0.1, -0.05) is 12.2 Å². The highest BCUT2D eigenvalue weighted by atomic mass is 16.8. The van der Waals surface area contributed by atoms with Gasteiger partial charge in [0.05, 0.1) is 11.5 Å². The number of allylic oxidation sites excluding steroid dienone is 2. The van der Waals surface area contributed by atoms with Gasteiger partial charge in [0.25, 0.3) is 0 Å². The summed E-state index contributed by atoms with van der Waals surface area (Å²) in [6, 6.07) is 0. The summed E-state index contributed by atoms with van der Waals surface area (Å²) in [7, 11) is 0. The van der Waals surface area contributed by atoms with Gasteiger partial charge in [-0.15, -0.1) is 0 Å². The fourth-order valence-electron chi connectivity index (χ4n) is 3.69. The third-order valence-corrected chi connectivity index (χ3v) is 4.42. The number of ether oxygens (including phenoxy) is 3. The van der Waals surface area contributed by atoms with Gasteiger partial charge in [0.15, 0.2) is 18.2 Å². The Labute approximate surface area is 104 Å². The first-order valence-electron chi connectivity index (χ1n) is 6.23. The zero-order valence-corrected chi connectivity index (χ0v) is 9.91. The monoisotopic (exact) mass is 250 g/mol. The molecule has 6 atom stereocenters. The van der Waals surface area contributed by atoms with Crippen molar-refractivity contribution in [1.29, 1.82) is 0 Å². The second-order valence-electron chi connectivity index (χ2n) is 5.25. The summed E-state index contributed by atoms with van der Waals surface area (Å²) in [4.78, 5) is 11.8. The Bertz CT molecular complexity index is 482. The number of esters is 1. The fourth-order valence-corrected chi connectivity index (χ4v) is 3.69. The van der Waals surface area contributed by atoms with Crippen LogP contribution in [0.5, 0.6) is 0 Å². The van der Waals surface area contributed by atoms with Crippen LogP contribution in [0, 0.1) is 11.8 Å². The van der Waals surface area contributed by atoms with Crippen molar-refractivity contribution in [2.75, 3.05) is 0 Å².